The van der Waals surface area contributed by atoms with E-state index in [1.165, 1.54) is 31.4 Å². The SMILES string of the molecule is CN=C(NCc1cccc(C(F)(F)F)c1)NCc1ncccc1F.I. The van der Waals surface area contributed by atoms with Crippen molar-refractivity contribution in [2.75, 3.05) is 7.05 Å². The molecule has 0 aliphatic heterocycles. The van der Waals surface area contributed by atoms with Gasteiger partial charge in [-0.25, -0.2) is 4.39 Å². The second kappa shape index (κ2) is 9.54. The minimum atomic E-state index is -4.38. The first-order valence-corrected chi connectivity index (χ1v) is 7.10. The molecule has 2 rings (SSSR count). The van der Waals surface area contributed by atoms with Crippen LogP contribution in [-0.2, 0) is 19.3 Å². The summed E-state index contributed by atoms with van der Waals surface area (Å²) in [6.45, 7) is 0.253. The van der Waals surface area contributed by atoms with Crippen LogP contribution < -0.4 is 10.6 Å². The van der Waals surface area contributed by atoms with Gasteiger partial charge >= 0.3 is 6.18 Å². The van der Waals surface area contributed by atoms with Crippen LogP contribution in [-0.4, -0.2) is 18.0 Å². The van der Waals surface area contributed by atoms with Gasteiger partial charge in [-0.3, -0.25) is 9.98 Å². The van der Waals surface area contributed by atoms with Crippen LogP contribution in [0.2, 0.25) is 0 Å². The molecule has 0 aliphatic rings. The minimum absolute atomic E-state index is 0. The van der Waals surface area contributed by atoms with Crippen LogP contribution in [0.25, 0.3) is 0 Å². The fraction of sp³-hybridized carbons (Fsp3) is 0.250. The lowest BCUT2D eigenvalue weighted by atomic mass is 10.1. The third kappa shape index (κ3) is 6.48. The van der Waals surface area contributed by atoms with Crippen molar-refractivity contribution in [2.45, 2.75) is 19.3 Å². The number of rotatable bonds is 4. The van der Waals surface area contributed by atoms with Crippen molar-refractivity contribution in [3.63, 3.8) is 0 Å². The van der Waals surface area contributed by atoms with Gasteiger partial charge in [-0.15, -0.1) is 24.0 Å². The Hall–Kier alpha value is -1.91. The van der Waals surface area contributed by atoms with Crippen LogP contribution in [0.4, 0.5) is 17.6 Å². The molecule has 0 bridgehead atoms. The predicted octanol–water partition coefficient (Wildman–Crippen LogP) is 3.72. The third-order valence-electron chi connectivity index (χ3n) is 3.20. The lowest BCUT2D eigenvalue weighted by Gasteiger charge is -2.13. The third-order valence-corrected chi connectivity index (χ3v) is 3.20. The fourth-order valence-electron chi connectivity index (χ4n) is 1.98. The number of hydrogen-bond acceptors (Lipinski definition) is 2. The quantitative estimate of drug-likeness (QED) is 0.312. The molecule has 0 saturated heterocycles. The maximum atomic E-state index is 13.5. The summed E-state index contributed by atoms with van der Waals surface area (Å²) >= 11 is 0. The van der Waals surface area contributed by atoms with Crippen LogP contribution in [0.15, 0.2) is 47.6 Å². The maximum absolute atomic E-state index is 13.5. The lowest BCUT2D eigenvalue weighted by molar-refractivity contribution is -0.137. The number of pyridine rings is 1. The zero-order valence-corrected chi connectivity index (χ0v) is 15.6. The van der Waals surface area contributed by atoms with Crippen molar-refractivity contribution in [3.05, 3.63) is 65.2 Å². The second-order valence-electron chi connectivity index (χ2n) is 4.91. The zero-order valence-electron chi connectivity index (χ0n) is 13.3. The average molecular weight is 468 g/mol. The number of halogens is 5. The van der Waals surface area contributed by atoms with E-state index in [-0.39, 0.29) is 42.8 Å². The van der Waals surface area contributed by atoms with E-state index in [1.807, 2.05) is 0 Å². The normalized spacial score (nSPS) is 11.6. The molecule has 9 heteroatoms. The number of aliphatic imine (C=N–C) groups is 1. The predicted molar refractivity (Wildman–Crippen MR) is 98.1 cm³/mol. The smallest absolute Gasteiger partial charge is 0.352 e. The standard InChI is InChI=1S/C16H16F4N4.HI/c1-21-15(24-10-14-13(17)6-3-7-22-14)23-9-11-4-2-5-12(8-11)16(18,19)20;/h2-8H,9-10H2,1H3,(H2,21,23,24);1H. The monoisotopic (exact) mass is 468 g/mol. The van der Waals surface area contributed by atoms with E-state index in [1.54, 1.807) is 6.07 Å². The molecular formula is C16H17F4IN4. The van der Waals surface area contributed by atoms with E-state index in [9.17, 15) is 17.6 Å². The molecule has 1 aromatic carbocycles. The van der Waals surface area contributed by atoms with E-state index in [0.717, 1.165) is 12.1 Å². The second-order valence-corrected chi connectivity index (χ2v) is 4.91. The number of nitrogens with one attached hydrogen (secondary N) is 2. The molecule has 1 heterocycles. The van der Waals surface area contributed by atoms with Crippen molar-refractivity contribution in [1.82, 2.24) is 15.6 Å². The Labute approximate surface area is 159 Å². The summed E-state index contributed by atoms with van der Waals surface area (Å²) in [5.74, 6) is -0.115. The van der Waals surface area contributed by atoms with Crippen LogP contribution in [0.3, 0.4) is 0 Å². The van der Waals surface area contributed by atoms with E-state index < -0.39 is 17.6 Å². The highest BCUT2D eigenvalue weighted by Crippen LogP contribution is 2.29. The maximum Gasteiger partial charge on any atom is 0.416 e. The molecule has 1 aromatic heterocycles. The molecule has 0 radical (unpaired) electrons. The Morgan fingerprint density at radius 3 is 2.48 bits per heavy atom. The minimum Gasteiger partial charge on any atom is -0.352 e. The molecule has 0 amide bonds. The van der Waals surface area contributed by atoms with Crippen LogP contribution in [0, 0.1) is 5.82 Å². The fourth-order valence-corrected chi connectivity index (χ4v) is 1.98. The molecule has 0 fully saturated rings. The first-order chi connectivity index (χ1) is 11.4. The van der Waals surface area contributed by atoms with Crippen LogP contribution in [0.1, 0.15) is 16.8 Å². The molecule has 0 atom stereocenters. The number of nitrogens with zero attached hydrogens (tertiary/aromatic N) is 2. The van der Waals surface area contributed by atoms with Crippen molar-refractivity contribution in [1.29, 1.82) is 0 Å². The van der Waals surface area contributed by atoms with Gasteiger partial charge in [0.05, 0.1) is 17.8 Å². The molecule has 0 spiro atoms. The lowest BCUT2D eigenvalue weighted by Crippen LogP contribution is -2.36. The van der Waals surface area contributed by atoms with E-state index >= 15 is 0 Å². The highest BCUT2D eigenvalue weighted by atomic mass is 127. The summed E-state index contributed by atoms with van der Waals surface area (Å²) in [6, 6.07) is 7.79. The van der Waals surface area contributed by atoms with Gasteiger partial charge in [0, 0.05) is 19.8 Å². The molecular weight excluding hydrogens is 451 g/mol. The summed E-state index contributed by atoms with van der Waals surface area (Å²) in [5.41, 5.74) is -0.0309. The largest absolute Gasteiger partial charge is 0.416 e. The average Bonchev–Trinajstić information content (AvgIpc) is 2.56. The first-order valence-electron chi connectivity index (χ1n) is 7.10. The Bertz CT molecular complexity index is 719. The summed E-state index contributed by atoms with van der Waals surface area (Å²) < 4.78 is 51.5. The summed E-state index contributed by atoms with van der Waals surface area (Å²) in [4.78, 5) is 7.84. The van der Waals surface area contributed by atoms with E-state index in [4.69, 9.17) is 0 Å². The molecule has 0 saturated carbocycles. The Morgan fingerprint density at radius 2 is 1.84 bits per heavy atom. The Kier molecular flexibility index (Phi) is 8.07. The molecule has 4 nitrogen and oxygen atoms in total. The van der Waals surface area contributed by atoms with Crippen LogP contribution in [0.5, 0.6) is 0 Å². The number of hydrogen-bond donors (Lipinski definition) is 2. The van der Waals surface area contributed by atoms with Gasteiger partial charge in [-0.1, -0.05) is 12.1 Å². The highest BCUT2D eigenvalue weighted by Gasteiger charge is 2.30. The first kappa shape index (κ1) is 21.1. The molecule has 2 aromatic rings. The van der Waals surface area contributed by atoms with E-state index in [0.29, 0.717) is 11.5 Å². The van der Waals surface area contributed by atoms with Gasteiger partial charge in [0.2, 0.25) is 0 Å². The van der Waals surface area contributed by atoms with Gasteiger partial charge in [-0.2, -0.15) is 13.2 Å². The topological polar surface area (TPSA) is 49.3 Å². The number of aromatic nitrogens is 1. The van der Waals surface area contributed by atoms with Crippen LogP contribution >= 0.6 is 24.0 Å². The van der Waals surface area contributed by atoms with E-state index in [2.05, 4.69) is 20.6 Å². The van der Waals surface area contributed by atoms with Gasteiger partial charge in [0.25, 0.3) is 0 Å². The highest BCUT2D eigenvalue weighted by molar-refractivity contribution is 14.0. The number of benzene rings is 1. The Morgan fingerprint density at radius 1 is 1.12 bits per heavy atom. The molecule has 136 valence electrons. The molecule has 0 unspecified atom stereocenters. The van der Waals surface area contributed by atoms with Gasteiger partial charge < -0.3 is 10.6 Å². The summed E-state index contributed by atoms with van der Waals surface area (Å²) in [7, 11) is 1.51. The summed E-state index contributed by atoms with van der Waals surface area (Å²) in [5, 5.41) is 5.73. The zero-order chi connectivity index (χ0) is 17.6. The van der Waals surface area contributed by atoms with Gasteiger partial charge in [0.15, 0.2) is 5.96 Å². The molecule has 25 heavy (non-hydrogen) atoms. The number of alkyl halides is 3. The summed E-state index contributed by atoms with van der Waals surface area (Å²) in [6.07, 6.45) is -2.91. The molecule has 0 aliphatic carbocycles. The number of guanidine groups is 1. The van der Waals surface area contributed by atoms with Gasteiger partial charge in [-0.05, 0) is 29.8 Å². The molecule has 2 N–H and O–H groups in total. The van der Waals surface area contributed by atoms with Crippen molar-refractivity contribution in [3.8, 4) is 0 Å². The van der Waals surface area contributed by atoms with Gasteiger partial charge in [0.1, 0.15) is 5.82 Å². The van der Waals surface area contributed by atoms with Crippen molar-refractivity contribution >= 4 is 29.9 Å². The Balaban J connectivity index is 0.00000312. The van der Waals surface area contributed by atoms with Crippen molar-refractivity contribution < 1.29 is 17.6 Å². The van der Waals surface area contributed by atoms with Crippen molar-refractivity contribution in [2.24, 2.45) is 4.99 Å².